The molecule has 4 heteroatoms. The molecular formula is C11H12N2O2. The molecule has 2 aromatic heterocycles. The lowest BCUT2D eigenvalue weighted by Crippen LogP contribution is -1.80. The first-order valence-electron chi connectivity index (χ1n) is 4.59. The largest absolute Gasteiger partial charge is 0.468 e. The summed E-state index contributed by atoms with van der Waals surface area (Å²) < 4.78 is 4.15. The quantitative estimate of drug-likeness (QED) is 0.700. The van der Waals surface area contributed by atoms with E-state index in [2.05, 4.69) is 14.7 Å². The van der Waals surface area contributed by atoms with Crippen LogP contribution in [0.1, 0.15) is 6.92 Å². The highest BCUT2D eigenvalue weighted by atomic mass is 16.5. The predicted octanol–water partition coefficient (Wildman–Crippen LogP) is 1.81. The summed E-state index contributed by atoms with van der Waals surface area (Å²) in [7, 11) is 0. The molecule has 0 aliphatic rings. The van der Waals surface area contributed by atoms with E-state index in [0.29, 0.717) is 13.1 Å². The molecule has 0 amide bonds. The molecule has 15 heavy (non-hydrogen) atoms. The molecule has 2 aromatic rings. The number of ether oxygens (including phenoxy) is 1. The molecule has 0 N–H and O–H groups in total. The molecule has 0 aliphatic heterocycles. The van der Waals surface area contributed by atoms with Gasteiger partial charge in [-0.05, 0) is 31.2 Å². The topological polar surface area (TPSA) is 52.1 Å². The Morgan fingerprint density at radius 3 is 2.20 bits per heavy atom. The van der Waals surface area contributed by atoms with Crippen molar-refractivity contribution in [1.82, 2.24) is 9.97 Å². The standard InChI is InChI=1S/C8H6N2.C3H6O2/c1-3-7-4-2-6-10-8(7)9-5-1;1-2-5-3-4/h1-6H;3H,2H2,1H3. The average molecular weight is 204 g/mol. The van der Waals surface area contributed by atoms with E-state index >= 15 is 0 Å². The van der Waals surface area contributed by atoms with Gasteiger partial charge < -0.3 is 4.74 Å². The van der Waals surface area contributed by atoms with Crippen molar-refractivity contribution < 1.29 is 9.53 Å². The molecule has 2 rings (SSSR count). The molecule has 0 fully saturated rings. The Hall–Kier alpha value is -1.97. The maximum absolute atomic E-state index is 9.18. The number of rotatable bonds is 2. The molecule has 0 atom stereocenters. The number of carbonyl (C=O) groups excluding carboxylic acids is 1. The van der Waals surface area contributed by atoms with Gasteiger partial charge in [-0.1, -0.05) is 0 Å². The molecule has 0 spiro atoms. The van der Waals surface area contributed by atoms with Gasteiger partial charge in [0.1, 0.15) is 0 Å². The third kappa shape index (κ3) is 3.72. The van der Waals surface area contributed by atoms with Crippen LogP contribution >= 0.6 is 0 Å². The van der Waals surface area contributed by atoms with Crippen molar-refractivity contribution in [3.05, 3.63) is 36.7 Å². The van der Waals surface area contributed by atoms with E-state index in [0.717, 1.165) is 11.0 Å². The number of hydrogen-bond acceptors (Lipinski definition) is 4. The Kier molecular flexibility index (Phi) is 4.80. The van der Waals surface area contributed by atoms with Crippen LogP contribution in [0.4, 0.5) is 0 Å². The molecule has 4 nitrogen and oxygen atoms in total. The van der Waals surface area contributed by atoms with Crippen molar-refractivity contribution in [3.63, 3.8) is 0 Å². The molecule has 0 aromatic carbocycles. The number of carbonyl (C=O) groups is 1. The van der Waals surface area contributed by atoms with Crippen molar-refractivity contribution in [2.45, 2.75) is 6.92 Å². The monoisotopic (exact) mass is 204 g/mol. The van der Waals surface area contributed by atoms with E-state index in [9.17, 15) is 4.79 Å². The van der Waals surface area contributed by atoms with Crippen LogP contribution in [0.15, 0.2) is 36.7 Å². The van der Waals surface area contributed by atoms with Crippen molar-refractivity contribution >= 4 is 17.5 Å². The van der Waals surface area contributed by atoms with Gasteiger partial charge in [-0.3, -0.25) is 4.79 Å². The Morgan fingerprint density at radius 2 is 1.87 bits per heavy atom. The molecule has 0 bridgehead atoms. The molecule has 2 heterocycles. The normalized spacial score (nSPS) is 8.87. The van der Waals surface area contributed by atoms with Crippen LogP contribution in [-0.2, 0) is 9.53 Å². The fourth-order valence-corrected chi connectivity index (χ4v) is 0.976. The van der Waals surface area contributed by atoms with Crippen molar-refractivity contribution in [2.75, 3.05) is 6.61 Å². The van der Waals surface area contributed by atoms with Gasteiger partial charge in [0, 0.05) is 17.8 Å². The van der Waals surface area contributed by atoms with Gasteiger partial charge in [0.05, 0.1) is 6.61 Å². The molecule has 0 unspecified atom stereocenters. The van der Waals surface area contributed by atoms with Crippen LogP contribution in [0, 0.1) is 0 Å². The first kappa shape index (κ1) is 11.1. The van der Waals surface area contributed by atoms with E-state index in [1.54, 1.807) is 19.3 Å². The molecule has 0 aliphatic carbocycles. The highest BCUT2D eigenvalue weighted by molar-refractivity contribution is 5.73. The number of aromatic nitrogens is 2. The Morgan fingerprint density at radius 1 is 1.27 bits per heavy atom. The van der Waals surface area contributed by atoms with Crippen LogP contribution < -0.4 is 0 Å². The number of hydrogen-bond donors (Lipinski definition) is 0. The van der Waals surface area contributed by atoms with Crippen molar-refractivity contribution in [3.8, 4) is 0 Å². The summed E-state index contributed by atoms with van der Waals surface area (Å²) in [6.45, 7) is 2.66. The van der Waals surface area contributed by atoms with Gasteiger partial charge in [0.2, 0.25) is 0 Å². The van der Waals surface area contributed by atoms with E-state index in [1.807, 2.05) is 24.3 Å². The van der Waals surface area contributed by atoms with Gasteiger partial charge in [0.15, 0.2) is 5.65 Å². The van der Waals surface area contributed by atoms with Crippen LogP contribution in [0.5, 0.6) is 0 Å². The van der Waals surface area contributed by atoms with Crippen LogP contribution in [0.2, 0.25) is 0 Å². The fraction of sp³-hybridized carbons (Fsp3) is 0.182. The minimum atomic E-state index is 0.431. The summed E-state index contributed by atoms with van der Waals surface area (Å²) in [6.07, 6.45) is 3.49. The average Bonchev–Trinajstić information content (AvgIpc) is 2.31. The van der Waals surface area contributed by atoms with Crippen LogP contribution in [0.25, 0.3) is 11.0 Å². The minimum Gasteiger partial charge on any atom is -0.468 e. The molecular weight excluding hydrogens is 192 g/mol. The lowest BCUT2D eigenvalue weighted by atomic mass is 10.3. The highest BCUT2D eigenvalue weighted by Crippen LogP contribution is 2.04. The van der Waals surface area contributed by atoms with Gasteiger partial charge in [-0.2, -0.15) is 0 Å². The summed E-state index contributed by atoms with van der Waals surface area (Å²) >= 11 is 0. The molecule has 0 saturated heterocycles. The van der Waals surface area contributed by atoms with Gasteiger partial charge in [0.25, 0.3) is 6.47 Å². The highest BCUT2D eigenvalue weighted by Gasteiger charge is 1.88. The van der Waals surface area contributed by atoms with E-state index < -0.39 is 0 Å². The summed E-state index contributed by atoms with van der Waals surface area (Å²) in [4.78, 5) is 17.3. The lowest BCUT2D eigenvalue weighted by molar-refractivity contribution is -0.128. The van der Waals surface area contributed by atoms with E-state index in [1.165, 1.54) is 0 Å². The van der Waals surface area contributed by atoms with Gasteiger partial charge in [-0.25, -0.2) is 9.97 Å². The second-order valence-corrected chi connectivity index (χ2v) is 2.61. The zero-order valence-corrected chi connectivity index (χ0v) is 8.46. The first-order chi connectivity index (χ1) is 7.38. The maximum Gasteiger partial charge on any atom is 0.293 e. The van der Waals surface area contributed by atoms with Gasteiger partial charge >= 0.3 is 0 Å². The minimum absolute atomic E-state index is 0.431. The van der Waals surface area contributed by atoms with E-state index in [-0.39, 0.29) is 0 Å². The fourth-order valence-electron chi connectivity index (χ4n) is 0.976. The predicted molar refractivity (Wildman–Crippen MR) is 57.2 cm³/mol. The lowest BCUT2D eigenvalue weighted by Gasteiger charge is -1.90. The molecule has 0 radical (unpaired) electrons. The van der Waals surface area contributed by atoms with E-state index in [4.69, 9.17) is 0 Å². The summed E-state index contributed by atoms with van der Waals surface area (Å²) in [5.74, 6) is 0. The van der Waals surface area contributed by atoms with Crippen molar-refractivity contribution in [1.29, 1.82) is 0 Å². The number of fused-ring (bicyclic) bond motifs is 1. The van der Waals surface area contributed by atoms with Crippen molar-refractivity contribution in [2.24, 2.45) is 0 Å². The third-order valence-electron chi connectivity index (χ3n) is 1.61. The summed E-state index contributed by atoms with van der Waals surface area (Å²) in [5.41, 5.74) is 0.810. The Labute approximate surface area is 87.9 Å². The number of nitrogens with zero attached hydrogens (tertiary/aromatic N) is 2. The summed E-state index contributed by atoms with van der Waals surface area (Å²) in [5, 5.41) is 1.09. The second-order valence-electron chi connectivity index (χ2n) is 2.61. The van der Waals surface area contributed by atoms with Gasteiger partial charge in [-0.15, -0.1) is 0 Å². The molecule has 0 saturated carbocycles. The molecule has 78 valence electrons. The zero-order chi connectivity index (χ0) is 10.9. The Balaban J connectivity index is 0.000000195. The summed E-state index contributed by atoms with van der Waals surface area (Å²) in [6, 6.07) is 7.80. The number of pyridine rings is 2. The zero-order valence-electron chi connectivity index (χ0n) is 8.46. The van der Waals surface area contributed by atoms with Crippen LogP contribution in [-0.4, -0.2) is 23.0 Å². The SMILES string of the molecule is CCOC=O.c1cnc2ncccc2c1. The Bertz CT molecular complexity index is 353. The third-order valence-corrected chi connectivity index (χ3v) is 1.61. The smallest absolute Gasteiger partial charge is 0.293 e. The maximum atomic E-state index is 9.18. The second kappa shape index (κ2) is 6.48. The first-order valence-corrected chi connectivity index (χ1v) is 4.59. The van der Waals surface area contributed by atoms with Crippen LogP contribution in [0.3, 0.4) is 0 Å².